The fourth-order valence-corrected chi connectivity index (χ4v) is 1.54. The number of nitrogens with zero attached hydrogens (tertiary/aromatic N) is 2. The van der Waals surface area contributed by atoms with Crippen LogP contribution in [0.25, 0.3) is 0 Å². The fourth-order valence-electron chi connectivity index (χ4n) is 1.33. The van der Waals surface area contributed by atoms with Crippen molar-refractivity contribution in [2.24, 2.45) is 0 Å². The number of halogens is 1. The number of aromatic nitrogens is 1. The summed E-state index contributed by atoms with van der Waals surface area (Å²) in [6, 6.07) is 3.46. The highest BCUT2D eigenvalue weighted by Gasteiger charge is 2.15. The lowest BCUT2D eigenvalue weighted by atomic mass is 10.2. The van der Waals surface area contributed by atoms with Gasteiger partial charge in [0.25, 0.3) is 5.91 Å². The lowest BCUT2D eigenvalue weighted by Gasteiger charge is -2.21. The van der Waals surface area contributed by atoms with Gasteiger partial charge in [-0.05, 0) is 32.9 Å². The van der Waals surface area contributed by atoms with Crippen LogP contribution in [-0.2, 0) is 0 Å². The van der Waals surface area contributed by atoms with E-state index in [4.69, 9.17) is 11.6 Å². The normalized spacial score (nSPS) is 10.5. The fraction of sp³-hybridized carbons (Fsp3) is 0.500. The Kier molecular flexibility index (Phi) is 4.75. The largest absolute Gasteiger partial charge is 0.370 e. The summed E-state index contributed by atoms with van der Waals surface area (Å²) in [5.74, 6) is 0.573. The van der Waals surface area contributed by atoms with Crippen LogP contribution in [0.15, 0.2) is 12.1 Å². The number of nitrogens with one attached hydrogen (secondary N) is 1. The van der Waals surface area contributed by atoms with Gasteiger partial charge in [-0.2, -0.15) is 0 Å². The molecule has 1 amide bonds. The van der Waals surface area contributed by atoms with E-state index in [-0.39, 0.29) is 11.9 Å². The van der Waals surface area contributed by atoms with Gasteiger partial charge < -0.3 is 10.2 Å². The molecule has 17 heavy (non-hydrogen) atoms. The second-order valence-corrected chi connectivity index (χ2v) is 4.49. The second kappa shape index (κ2) is 5.87. The third-order valence-corrected chi connectivity index (χ3v) is 2.69. The quantitative estimate of drug-likeness (QED) is 0.842. The molecule has 0 saturated heterocycles. The molecular weight excluding hydrogens is 238 g/mol. The van der Waals surface area contributed by atoms with Gasteiger partial charge in [-0.1, -0.05) is 11.6 Å². The topological polar surface area (TPSA) is 45.2 Å². The molecule has 1 N–H and O–H groups in total. The van der Waals surface area contributed by atoms with Gasteiger partial charge in [-0.3, -0.25) is 4.79 Å². The van der Waals surface area contributed by atoms with Crippen LogP contribution in [0.5, 0.6) is 0 Å². The number of anilines is 1. The predicted octanol–water partition coefficient (Wildman–Crippen LogP) is 2.65. The maximum Gasteiger partial charge on any atom is 0.254 e. The van der Waals surface area contributed by atoms with E-state index >= 15 is 0 Å². The zero-order valence-electron chi connectivity index (χ0n) is 10.6. The van der Waals surface area contributed by atoms with Gasteiger partial charge in [-0.15, -0.1) is 0 Å². The zero-order valence-corrected chi connectivity index (χ0v) is 11.4. The molecule has 0 unspecified atom stereocenters. The number of carbonyl (C=O) groups is 1. The van der Waals surface area contributed by atoms with E-state index in [0.29, 0.717) is 16.5 Å². The minimum Gasteiger partial charge on any atom is -0.370 e. The van der Waals surface area contributed by atoms with Crippen LogP contribution >= 0.6 is 11.6 Å². The predicted molar refractivity (Wildman–Crippen MR) is 70.6 cm³/mol. The molecule has 0 aliphatic heterocycles. The maximum atomic E-state index is 12.1. The van der Waals surface area contributed by atoms with Gasteiger partial charge in [0.05, 0.1) is 0 Å². The molecule has 0 aliphatic rings. The molecule has 0 radical (unpaired) electrons. The molecule has 0 fully saturated rings. The Labute approximate surface area is 107 Å². The average Bonchev–Trinajstić information content (AvgIpc) is 2.26. The van der Waals surface area contributed by atoms with E-state index < -0.39 is 0 Å². The molecule has 1 heterocycles. The van der Waals surface area contributed by atoms with Crippen LogP contribution in [0.3, 0.4) is 0 Å². The molecule has 94 valence electrons. The van der Waals surface area contributed by atoms with Crippen LogP contribution in [0, 0.1) is 0 Å². The number of rotatable bonds is 4. The smallest absolute Gasteiger partial charge is 0.254 e. The molecule has 1 aromatic heterocycles. The van der Waals surface area contributed by atoms with Crippen LogP contribution in [0.4, 0.5) is 5.82 Å². The Morgan fingerprint density at radius 3 is 2.71 bits per heavy atom. The van der Waals surface area contributed by atoms with E-state index in [1.54, 1.807) is 24.1 Å². The minimum absolute atomic E-state index is 0.0524. The van der Waals surface area contributed by atoms with Gasteiger partial charge >= 0.3 is 0 Å². The Bertz CT molecular complexity index is 407. The zero-order chi connectivity index (χ0) is 13.0. The number of pyridine rings is 1. The van der Waals surface area contributed by atoms with Crippen LogP contribution in [-0.4, -0.2) is 35.4 Å². The van der Waals surface area contributed by atoms with Gasteiger partial charge in [0.15, 0.2) is 0 Å². The summed E-state index contributed by atoms with van der Waals surface area (Å²) in [5, 5.41) is 3.37. The molecule has 5 heteroatoms. The molecule has 0 aliphatic carbocycles. The van der Waals surface area contributed by atoms with Crippen molar-refractivity contribution in [1.29, 1.82) is 0 Å². The van der Waals surface area contributed by atoms with Crippen molar-refractivity contribution in [2.75, 3.05) is 18.9 Å². The number of amides is 1. The third-order valence-electron chi connectivity index (χ3n) is 2.49. The van der Waals surface area contributed by atoms with E-state index in [0.717, 1.165) is 6.54 Å². The van der Waals surface area contributed by atoms with E-state index in [1.165, 1.54) is 0 Å². The minimum atomic E-state index is -0.0524. The number of hydrogen-bond acceptors (Lipinski definition) is 3. The highest BCUT2D eigenvalue weighted by molar-refractivity contribution is 6.29. The summed E-state index contributed by atoms with van der Waals surface area (Å²) in [7, 11) is 1.77. The van der Waals surface area contributed by atoms with Crippen LogP contribution < -0.4 is 5.32 Å². The van der Waals surface area contributed by atoms with Crippen molar-refractivity contribution in [3.63, 3.8) is 0 Å². The first-order valence-electron chi connectivity index (χ1n) is 5.64. The molecule has 0 aromatic carbocycles. The summed E-state index contributed by atoms with van der Waals surface area (Å²) in [6.07, 6.45) is 0. The molecule has 0 atom stereocenters. The van der Waals surface area contributed by atoms with E-state index in [1.807, 2.05) is 20.8 Å². The van der Waals surface area contributed by atoms with Crippen molar-refractivity contribution in [3.05, 3.63) is 22.8 Å². The van der Waals surface area contributed by atoms with Gasteiger partial charge in [0.1, 0.15) is 11.0 Å². The average molecular weight is 256 g/mol. The molecule has 4 nitrogen and oxygen atoms in total. The molecule has 1 rings (SSSR count). The van der Waals surface area contributed by atoms with E-state index in [2.05, 4.69) is 10.3 Å². The van der Waals surface area contributed by atoms with Crippen LogP contribution in [0.1, 0.15) is 31.1 Å². The standard InChI is InChI=1S/C12H18ClN3O/c1-5-14-11-7-9(6-10(13)15-11)12(17)16(4)8(2)3/h6-8H,5H2,1-4H3,(H,14,15). The summed E-state index contributed by atoms with van der Waals surface area (Å²) in [5.41, 5.74) is 0.553. The van der Waals surface area contributed by atoms with Crippen molar-refractivity contribution in [1.82, 2.24) is 9.88 Å². The van der Waals surface area contributed by atoms with Crippen molar-refractivity contribution in [2.45, 2.75) is 26.8 Å². The highest BCUT2D eigenvalue weighted by Crippen LogP contribution is 2.16. The lowest BCUT2D eigenvalue weighted by Crippen LogP contribution is -2.33. The summed E-state index contributed by atoms with van der Waals surface area (Å²) >= 11 is 5.89. The van der Waals surface area contributed by atoms with Crippen molar-refractivity contribution < 1.29 is 4.79 Å². The first kappa shape index (κ1) is 13.8. The highest BCUT2D eigenvalue weighted by atomic mass is 35.5. The van der Waals surface area contributed by atoms with Gasteiger partial charge in [-0.25, -0.2) is 4.98 Å². The molecule has 1 aromatic rings. The SMILES string of the molecule is CCNc1cc(C(=O)N(C)C(C)C)cc(Cl)n1. The Morgan fingerprint density at radius 2 is 2.18 bits per heavy atom. The number of carbonyl (C=O) groups excluding carboxylic acids is 1. The van der Waals surface area contributed by atoms with Crippen molar-refractivity contribution in [3.8, 4) is 0 Å². The summed E-state index contributed by atoms with van der Waals surface area (Å²) in [4.78, 5) is 17.9. The lowest BCUT2D eigenvalue weighted by molar-refractivity contribution is 0.0755. The van der Waals surface area contributed by atoms with Crippen LogP contribution in [0.2, 0.25) is 5.15 Å². The molecular formula is C12H18ClN3O. The third kappa shape index (κ3) is 3.60. The monoisotopic (exact) mass is 255 g/mol. The Balaban J connectivity index is 3.01. The molecule has 0 saturated carbocycles. The Morgan fingerprint density at radius 1 is 1.53 bits per heavy atom. The summed E-state index contributed by atoms with van der Waals surface area (Å²) < 4.78 is 0. The summed E-state index contributed by atoms with van der Waals surface area (Å²) in [6.45, 7) is 6.63. The second-order valence-electron chi connectivity index (χ2n) is 4.10. The van der Waals surface area contributed by atoms with Crippen molar-refractivity contribution >= 4 is 23.3 Å². The Hall–Kier alpha value is -1.29. The van der Waals surface area contributed by atoms with E-state index in [9.17, 15) is 4.79 Å². The van der Waals surface area contributed by atoms with Gasteiger partial charge in [0.2, 0.25) is 0 Å². The first-order chi connectivity index (χ1) is 7.95. The maximum absolute atomic E-state index is 12.1. The van der Waals surface area contributed by atoms with Gasteiger partial charge in [0, 0.05) is 25.2 Å². The molecule has 0 spiro atoms. The number of hydrogen-bond donors (Lipinski definition) is 1. The first-order valence-corrected chi connectivity index (χ1v) is 6.02. The molecule has 0 bridgehead atoms.